The van der Waals surface area contributed by atoms with E-state index in [-0.39, 0.29) is 4.83 Å². The van der Waals surface area contributed by atoms with Crippen molar-refractivity contribution in [2.24, 2.45) is 0 Å². The molecule has 90 valence electrons. The van der Waals surface area contributed by atoms with Gasteiger partial charge in [0.15, 0.2) is 0 Å². The third-order valence-electron chi connectivity index (χ3n) is 2.47. The van der Waals surface area contributed by atoms with Gasteiger partial charge < -0.3 is 4.42 Å². The van der Waals surface area contributed by atoms with Gasteiger partial charge in [-0.1, -0.05) is 45.2 Å². The van der Waals surface area contributed by atoms with Crippen molar-refractivity contribution in [2.45, 2.75) is 18.2 Å². The predicted octanol–water partition coefficient (Wildman–Crippen LogP) is 5.57. The fourth-order valence-electron chi connectivity index (χ4n) is 1.60. The Balaban J connectivity index is 2.12. The van der Waals surface area contributed by atoms with Crippen LogP contribution in [0.25, 0.3) is 0 Å². The van der Waals surface area contributed by atoms with E-state index in [4.69, 9.17) is 27.6 Å². The number of aryl methyl sites for hydroxylation is 1. The number of furan rings is 1. The summed E-state index contributed by atoms with van der Waals surface area (Å²) in [6.07, 6.45) is 0.809. The van der Waals surface area contributed by atoms with Crippen LogP contribution in [0.5, 0.6) is 0 Å². The van der Waals surface area contributed by atoms with Crippen LogP contribution in [0.4, 0.5) is 0 Å². The zero-order valence-corrected chi connectivity index (χ0v) is 12.3. The Hall–Kier alpha value is -0.440. The van der Waals surface area contributed by atoms with E-state index in [0.29, 0.717) is 10.0 Å². The molecule has 1 unspecified atom stereocenters. The molecule has 17 heavy (non-hydrogen) atoms. The average Bonchev–Trinajstić information content (AvgIpc) is 2.70. The summed E-state index contributed by atoms with van der Waals surface area (Å²) in [6.45, 7) is 1.93. The van der Waals surface area contributed by atoms with Crippen molar-refractivity contribution in [3.63, 3.8) is 0 Å². The maximum Gasteiger partial charge on any atom is 0.118 e. The van der Waals surface area contributed by atoms with Crippen LogP contribution in [0.15, 0.2) is 34.7 Å². The minimum absolute atomic E-state index is 0.147. The topological polar surface area (TPSA) is 13.1 Å². The number of hydrogen-bond acceptors (Lipinski definition) is 1. The Morgan fingerprint density at radius 2 is 1.94 bits per heavy atom. The van der Waals surface area contributed by atoms with Crippen molar-refractivity contribution in [1.82, 2.24) is 0 Å². The molecule has 0 bridgehead atoms. The molecule has 0 N–H and O–H groups in total. The first-order valence-corrected chi connectivity index (χ1v) is 6.88. The molecule has 2 rings (SSSR count). The van der Waals surface area contributed by atoms with Crippen LogP contribution >= 0.6 is 39.1 Å². The van der Waals surface area contributed by atoms with Gasteiger partial charge in [-0.05, 0) is 43.2 Å². The zero-order valence-electron chi connectivity index (χ0n) is 9.21. The maximum atomic E-state index is 5.98. The fraction of sp³-hybridized carbons (Fsp3) is 0.231. The normalized spacial score (nSPS) is 12.7. The quantitative estimate of drug-likeness (QED) is 0.669. The number of halogens is 3. The van der Waals surface area contributed by atoms with Crippen molar-refractivity contribution in [3.8, 4) is 0 Å². The van der Waals surface area contributed by atoms with E-state index in [9.17, 15) is 0 Å². The molecule has 2 aromatic rings. The smallest absolute Gasteiger partial charge is 0.118 e. The van der Waals surface area contributed by atoms with Gasteiger partial charge in [0.2, 0.25) is 0 Å². The summed E-state index contributed by atoms with van der Waals surface area (Å²) in [4.78, 5) is 0.147. The summed E-state index contributed by atoms with van der Waals surface area (Å²) in [5, 5.41) is 1.16. The van der Waals surface area contributed by atoms with Crippen LogP contribution in [0, 0.1) is 6.92 Å². The summed E-state index contributed by atoms with van der Waals surface area (Å²) in [5.74, 6) is 1.84. The Morgan fingerprint density at radius 3 is 2.53 bits per heavy atom. The second kappa shape index (κ2) is 5.47. The first kappa shape index (κ1) is 13.0. The van der Waals surface area contributed by atoms with E-state index < -0.39 is 0 Å². The Kier molecular flexibility index (Phi) is 4.18. The van der Waals surface area contributed by atoms with E-state index in [0.717, 1.165) is 23.5 Å². The van der Waals surface area contributed by atoms with Crippen LogP contribution in [-0.2, 0) is 6.42 Å². The molecule has 0 fully saturated rings. The number of benzene rings is 1. The third-order valence-corrected chi connectivity index (χ3v) is 3.98. The number of alkyl halides is 1. The molecule has 1 atom stereocenters. The lowest BCUT2D eigenvalue weighted by Gasteiger charge is -2.08. The molecule has 0 amide bonds. The third kappa shape index (κ3) is 3.27. The average molecular weight is 334 g/mol. The van der Waals surface area contributed by atoms with Gasteiger partial charge in [0.05, 0.1) is 14.9 Å². The van der Waals surface area contributed by atoms with Crippen molar-refractivity contribution in [2.75, 3.05) is 0 Å². The van der Waals surface area contributed by atoms with Gasteiger partial charge in [-0.2, -0.15) is 0 Å². The Labute approximate surface area is 119 Å². The zero-order chi connectivity index (χ0) is 12.4. The molecule has 1 heterocycles. The highest BCUT2D eigenvalue weighted by Gasteiger charge is 2.12. The summed E-state index contributed by atoms with van der Waals surface area (Å²) in [7, 11) is 0. The summed E-state index contributed by atoms with van der Waals surface area (Å²) >= 11 is 15.5. The van der Waals surface area contributed by atoms with Gasteiger partial charge in [-0.3, -0.25) is 0 Å². The highest BCUT2D eigenvalue weighted by atomic mass is 79.9. The molecule has 0 aliphatic carbocycles. The summed E-state index contributed by atoms with van der Waals surface area (Å²) in [6, 6.07) is 9.60. The molecule has 1 aromatic carbocycles. The standard InChI is InChI=1S/C13H11BrCl2O/c1-8-2-5-13(17-8)10(14)6-9-3-4-11(15)12(16)7-9/h2-5,7,10H,6H2,1H3. The molecule has 1 nitrogen and oxygen atoms in total. The molecule has 0 saturated heterocycles. The molecular weight excluding hydrogens is 323 g/mol. The largest absolute Gasteiger partial charge is 0.465 e. The second-order valence-corrected chi connectivity index (χ2v) is 5.79. The molecule has 0 radical (unpaired) electrons. The van der Waals surface area contributed by atoms with Crippen LogP contribution in [-0.4, -0.2) is 0 Å². The molecular formula is C13H11BrCl2O. The van der Waals surface area contributed by atoms with Gasteiger partial charge >= 0.3 is 0 Å². The van der Waals surface area contributed by atoms with Crippen LogP contribution in [0.3, 0.4) is 0 Å². The highest BCUT2D eigenvalue weighted by molar-refractivity contribution is 9.09. The first-order valence-electron chi connectivity index (χ1n) is 5.20. The van der Waals surface area contributed by atoms with Gasteiger partial charge in [-0.25, -0.2) is 0 Å². The molecule has 0 spiro atoms. The second-order valence-electron chi connectivity index (χ2n) is 3.87. The lowest BCUT2D eigenvalue weighted by atomic mass is 10.1. The van der Waals surface area contributed by atoms with Crippen molar-refractivity contribution in [1.29, 1.82) is 0 Å². The highest BCUT2D eigenvalue weighted by Crippen LogP contribution is 2.30. The minimum atomic E-state index is 0.147. The van der Waals surface area contributed by atoms with E-state index in [1.165, 1.54) is 0 Å². The van der Waals surface area contributed by atoms with E-state index in [1.54, 1.807) is 0 Å². The molecule has 0 saturated carbocycles. The van der Waals surface area contributed by atoms with Gasteiger partial charge in [0.25, 0.3) is 0 Å². The fourth-order valence-corrected chi connectivity index (χ4v) is 2.54. The minimum Gasteiger partial charge on any atom is -0.465 e. The lowest BCUT2D eigenvalue weighted by molar-refractivity contribution is 0.481. The Morgan fingerprint density at radius 1 is 1.18 bits per heavy atom. The van der Waals surface area contributed by atoms with Crippen molar-refractivity contribution in [3.05, 3.63) is 57.5 Å². The van der Waals surface area contributed by atoms with Gasteiger partial charge in [-0.15, -0.1) is 0 Å². The molecule has 0 aliphatic rings. The Bertz CT molecular complexity index is 522. The first-order chi connectivity index (χ1) is 8.06. The van der Waals surface area contributed by atoms with E-state index in [1.807, 2.05) is 37.3 Å². The van der Waals surface area contributed by atoms with Gasteiger partial charge in [0, 0.05) is 0 Å². The maximum absolute atomic E-state index is 5.98. The SMILES string of the molecule is Cc1ccc(C(Br)Cc2ccc(Cl)c(Cl)c2)o1. The number of hydrogen-bond donors (Lipinski definition) is 0. The van der Waals surface area contributed by atoms with Crippen molar-refractivity contribution >= 4 is 39.1 Å². The number of rotatable bonds is 3. The summed E-state index contributed by atoms with van der Waals surface area (Å²) < 4.78 is 5.57. The molecule has 0 aliphatic heterocycles. The predicted molar refractivity (Wildman–Crippen MR) is 75.3 cm³/mol. The van der Waals surface area contributed by atoms with E-state index in [2.05, 4.69) is 15.9 Å². The summed E-state index contributed by atoms with van der Waals surface area (Å²) in [5.41, 5.74) is 1.12. The lowest BCUT2D eigenvalue weighted by Crippen LogP contribution is -1.93. The molecule has 4 heteroatoms. The monoisotopic (exact) mass is 332 g/mol. The van der Waals surface area contributed by atoms with Gasteiger partial charge in [0.1, 0.15) is 11.5 Å². The van der Waals surface area contributed by atoms with Crippen LogP contribution in [0.2, 0.25) is 10.0 Å². The van der Waals surface area contributed by atoms with Crippen molar-refractivity contribution < 1.29 is 4.42 Å². The van der Waals surface area contributed by atoms with Crippen LogP contribution < -0.4 is 0 Å². The van der Waals surface area contributed by atoms with E-state index >= 15 is 0 Å². The molecule has 1 aromatic heterocycles. The van der Waals surface area contributed by atoms with Crippen LogP contribution in [0.1, 0.15) is 21.9 Å².